The zero-order valence-corrected chi connectivity index (χ0v) is 14.2. The van der Waals surface area contributed by atoms with Gasteiger partial charge in [0, 0.05) is 6.54 Å². The normalized spacial score (nSPS) is 22.2. The highest BCUT2D eigenvalue weighted by Crippen LogP contribution is 2.30. The average Bonchev–Trinajstić information content (AvgIpc) is 2.55. The summed E-state index contributed by atoms with van der Waals surface area (Å²) >= 11 is 0. The lowest BCUT2D eigenvalue weighted by molar-refractivity contribution is -0.0300. The lowest BCUT2D eigenvalue weighted by Crippen LogP contribution is -2.39. The number of nitrogens with zero attached hydrogens (tertiary/aromatic N) is 1. The minimum Gasteiger partial charge on any atom is -0.486 e. The van der Waals surface area contributed by atoms with Crippen molar-refractivity contribution in [2.75, 3.05) is 39.5 Å². The first-order valence-electron chi connectivity index (χ1n) is 8.18. The van der Waals surface area contributed by atoms with E-state index in [2.05, 4.69) is 4.90 Å². The van der Waals surface area contributed by atoms with Crippen molar-refractivity contribution in [3.8, 4) is 11.5 Å². The van der Waals surface area contributed by atoms with E-state index in [0.717, 1.165) is 24.6 Å². The third-order valence-electron chi connectivity index (χ3n) is 4.10. The standard InChI is InChI=1S/C17H25NO4.ClH/c19-14(10-18-8-4-1-5-9-18)11-20-12-15-13-21-16-6-2-3-7-17(16)22-15;/h2-3,6-7,14-15,19H,1,4-5,8-13H2;1H. The summed E-state index contributed by atoms with van der Waals surface area (Å²) in [5.41, 5.74) is 0. The summed E-state index contributed by atoms with van der Waals surface area (Å²) < 4.78 is 17.1. The lowest BCUT2D eigenvalue weighted by Gasteiger charge is -2.29. The Morgan fingerprint density at radius 1 is 1.17 bits per heavy atom. The molecule has 0 amide bonds. The van der Waals surface area contributed by atoms with Gasteiger partial charge in [-0.15, -0.1) is 12.4 Å². The van der Waals surface area contributed by atoms with Crippen molar-refractivity contribution in [1.82, 2.24) is 4.90 Å². The zero-order valence-electron chi connectivity index (χ0n) is 13.4. The van der Waals surface area contributed by atoms with E-state index in [0.29, 0.717) is 26.4 Å². The molecule has 1 N–H and O–H groups in total. The Hall–Kier alpha value is -1.01. The van der Waals surface area contributed by atoms with Gasteiger partial charge in [-0.25, -0.2) is 0 Å². The molecule has 0 radical (unpaired) electrons. The van der Waals surface area contributed by atoms with E-state index < -0.39 is 6.10 Å². The molecule has 0 aliphatic carbocycles. The highest BCUT2D eigenvalue weighted by molar-refractivity contribution is 5.85. The molecule has 1 aromatic rings. The molecule has 130 valence electrons. The predicted octanol–water partition coefficient (Wildman–Crippen LogP) is 2.11. The summed E-state index contributed by atoms with van der Waals surface area (Å²) in [7, 11) is 0. The number of fused-ring (bicyclic) bond motifs is 1. The van der Waals surface area contributed by atoms with Crippen LogP contribution in [0.1, 0.15) is 19.3 Å². The molecule has 1 aromatic carbocycles. The SMILES string of the molecule is Cl.OC(COCC1COc2ccccc2O1)CN1CCCCC1. The monoisotopic (exact) mass is 343 g/mol. The number of piperidine rings is 1. The van der Waals surface area contributed by atoms with Crippen LogP contribution < -0.4 is 9.47 Å². The molecule has 2 aliphatic rings. The molecule has 1 fully saturated rings. The van der Waals surface area contributed by atoms with Gasteiger partial charge in [0.25, 0.3) is 0 Å². The van der Waals surface area contributed by atoms with Gasteiger partial charge in [-0.3, -0.25) is 0 Å². The van der Waals surface area contributed by atoms with Crippen molar-refractivity contribution in [1.29, 1.82) is 0 Å². The Morgan fingerprint density at radius 2 is 1.91 bits per heavy atom. The molecule has 0 aromatic heterocycles. The molecule has 2 atom stereocenters. The third kappa shape index (κ3) is 5.53. The van der Waals surface area contributed by atoms with Gasteiger partial charge in [-0.05, 0) is 38.1 Å². The van der Waals surface area contributed by atoms with E-state index in [9.17, 15) is 5.11 Å². The van der Waals surface area contributed by atoms with Crippen LogP contribution in [0.5, 0.6) is 11.5 Å². The highest BCUT2D eigenvalue weighted by atomic mass is 35.5. The van der Waals surface area contributed by atoms with E-state index in [1.54, 1.807) is 0 Å². The summed E-state index contributed by atoms with van der Waals surface area (Å²) in [4.78, 5) is 2.31. The van der Waals surface area contributed by atoms with E-state index in [1.807, 2.05) is 24.3 Å². The van der Waals surface area contributed by atoms with Crippen molar-refractivity contribution in [2.24, 2.45) is 0 Å². The van der Waals surface area contributed by atoms with Crippen molar-refractivity contribution < 1.29 is 19.3 Å². The van der Waals surface area contributed by atoms with Gasteiger partial charge >= 0.3 is 0 Å². The number of aliphatic hydroxyl groups excluding tert-OH is 1. The number of benzene rings is 1. The van der Waals surface area contributed by atoms with Crippen LogP contribution in [0.15, 0.2) is 24.3 Å². The van der Waals surface area contributed by atoms with Gasteiger partial charge in [0.05, 0.1) is 19.3 Å². The number of ether oxygens (including phenoxy) is 3. The maximum absolute atomic E-state index is 10.0. The smallest absolute Gasteiger partial charge is 0.161 e. The Bertz CT molecular complexity index is 468. The number of rotatable bonds is 6. The van der Waals surface area contributed by atoms with Gasteiger partial charge in [0.2, 0.25) is 0 Å². The Balaban J connectivity index is 0.00000192. The van der Waals surface area contributed by atoms with Crippen LogP contribution in [-0.2, 0) is 4.74 Å². The first kappa shape index (κ1) is 18.3. The van der Waals surface area contributed by atoms with Gasteiger partial charge in [-0.2, -0.15) is 0 Å². The summed E-state index contributed by atoms with van der Waals surface area (Å²) in [6.45, 7) is 4.15. The molecule has 0 saturated carbocycles. The first-order chi connectivity index (χ1) is 10.8. The van der Waals surface area contributed by atoms with Crippen LogP contribution in [0.2, 0.25) is 0 Å². The number of hydrogen-bond donors (Lipinski definition) is 1. The number of β-amino-alcohol motifs (C(OH)–C–C–N with tert-alkyl or cyclic N) is 1. The van der Waals surface area contributed by atoms with Crippen LogP contribution in [0.25, 0.3) is 0 Å². The summed E-state index contributed by atoms with van der Waals surface area (Å²) in [6, 6.07) is 7.64. The molecule has 0 spiro atoms. The van der Waals surface area contributed by atoms with Gasteiger partial charge < -0.3 is 24.2 Å². The Morgan fingerprint density at radius 3 is 2.70 bits per heavy atom. The molecule has 3 rings (SSSR count). The highest BCUT2D eigenvalue weighted by Gasteiger charge is 2.21. The molecular weight excluding hydrogens is 318 g/mol. The van der Waals surface area contributed by atoms with Crippen LogP contribution >= 0.6 is 12.4 Å². The summed E-state index contributed by atoms with van der Waals surface area (Å²) in [5, 5.41) is 10.0. The molecule has 0 bridgehead atoms. The molecule has 2 heterocycles. The minimum absolute atomic E-state index is 0. The van der Waals surface area contributed by atoms with Crippen LogP contribution in [0.4, 0.5) is 0 Å². The molecule has 5 nitrogen and oxygen atoms in total. The fourth-order valence-electron chi connectivity index (χ4n) is 2.97. The fourth-order valence-corrected chi connectivity index (χ4v) is 2.97. The summed E-state index contributed by atoms with van der Waals surface area (Å²) in [5.74, 6) is 1.54. The van der Waals surface area contributed by atoms with E-state index >= 15 is 0 Å². The first-order valence-corrected chi connectivity index (χ1v) is 8.18. The van der Waals surface area contributed by atoms with Gasteiger partial charge in [0.15, 0.2) is 17.6 Å². The number of aliphatic hydroxyl groups is 1. The van der Waals surface area contributed by atoms with Crippen molar-refractivity contribution in [3.63, 3.8) is 0 Å². The van der Waals surface area contributed by atoms with E-state index in [-0.39, 0.29) is 18.5 Å². The van der Waals surface area contributed by atoms with Crippen molar-refractivity contribution in [2.45, 2.75) is 31.5 Å². The molecule has 23 heavy (non-hydrogen) atoms. The van der Waals surface area contributed by atoms with E-state index in [1.165, 1.54) is 19.3 Å². The molecular formula is C17H26ClNO4. The maximum atomic E-state index is 10.0. The van der Waals surface area contributed by atoms with Gasteiger partial charge in [-0.1, -0.05) is 18.6 Å². The number of halogens is 1. The third-order valence-corrected chi connectivity index (χ3v) is 4.10. The van der Waals surface area contributed by atoms with Crippen LogP contribution in [0, 0.1) is 0 Å². The number of likely N-dealkylation sites (tertiary alicyclic amines) is 1. The van der Waals surface area contributed by atoms with Crippen molar-refractivity contribution >= 4 is 12.4 Å². The molecule has 1 saturated heterocycles. The second-order valence-corrected chi connectivity index (χ2v) is 6.05. The predicted molar refractivity (Wildman–Crippen MR) is 90.7 cm³/mol. The second-order valence-electron chi connectivity index (χ2n) is 6.05. The number of para-hydroxylation sites is 2. The Kier molecular flexibility index (Phi) is 7.43. The van der Waals surface area contributed by atoms with Crippen molar-refractivity contribution in [3.05, 3.63) is 24.3 Å². The van der Waals surface area contributed by atoms with Crippen LogP contribution in [0.3, 0.4) is 0 Å². The maximum Gasteiger partial charge on any atom is 0.161 e. The largest absolute Gasteiger partial charge is 0.486 e. The number of hydrogen-bond acceptors (Lipinski definition) is 5. The fraction of sp³-hybridized carbons (Fsp3) is 0.647. The minimum atomic E-state index is -0.435. The Labute approximate surface area is 143 Å². The zero-order chi connectivity index (χ0) is 15.2. The summed E-state index contributed by atoms with van der Waals surface area (Å²) in [6.07, 6.45) is 3.23. The van der Waals surface area contributed by atoms with Gasteiger partial charge in [0.1, 0.15) is 6.61 Å². The second kappa shape index (κ2) is 9.33. The molecule has 2 unspecified atom stereocenters. The quantitative estimate of drug-likeness (QED) is 0.857. The average molecular weight is 344 g/mol. The topological polar surface area (TPSA) is 51.2 Å². The lowest BCUT2D eigenvalue weighted by atomic mass is 10.1. The molecule has 6 heteroatoms. The van der Waals surface area contributed by atoms with Crippen LogP contribution in [-0.4, -0.2) is 61.7 Å². The van der Waals surface area contributed by atoms with E-state index in [4.69, 9.17) is 14.2 Å². The molecule has 2 aliphatic heterocycles.